The van der Waals surface area contributed by atoms with Gasteiger partial charge in [-0.05, 0) is 75.3 Å². The van der Waals surface area contributed by atoms with Gasteiger partial charge in [-0.3, -0.25) is 0 Å². The van der Waals surface area contributed by atoms with Crippen molar-refractivity contribution in [3.05, 3.63) is 11.6 Å². The summed E-state index contributed by atoms with van der Waals surface area (Å²) in [6.45, 7) is 6.09. The molecule has 0 aromatic rings. The molecule has 0 bridgehead atoms. The lowest BCUT2D eigenvalue weighted by atomic mass is 9.46. The Morgan fingerprint density at radius 1 is 1.04 bits per heavy atom. The molecule has 3 fully saturated rings. The lowest BCUT2D eigenvalue weighted by Crippen LogP contribution is -2.54. The summed E-state index contributed by atoms with van der Waals surface area (Å²) < 4.78 is 0. The number of hydrogen-bond donors (Lipinski definition) is 1. The van der Waals surface area contributed by atoms with Crippen LogP contribution in [0.25, 0.3) is 0 Å². The maximum atomic E-state index is 10.8. The summed E-state index contributed by atoms with van der Waals surface area (Å²) in [5.41, 5.74) is 2.05. The number of allylic oxidation sites excluding steroid dienone is 1. The van der Waals surface area contributed by atoms with Crippen LogP contribution in [0.2, 0.25) is 0 Å². The van der Waals surface area contributed by atoms with Crippen LogP contribution >= 0.6 is 0 Å². The van der Waals surface area contributed by atoms with Crippen molar-refractivity contribution in [2.75, 3.05) is 20.6 Å². The maximum absolute atomic E-state index is 10.8. The van der Waals surface area contributed by atoms with E-state index in [1.54, 1.807) is 5.57 Å². The van der Waals surface area contributed by atoms with Crippen molar-refractivity contribution in [3.8, 4) is 0 Å². The highest BCUT2D eigenvalue weighted by molar-refractivity contribution is 5.23. The van der Waals surface area contributed by atoms with Gasteiger partial charge in [0, 0.05) is 6.54 Å². The van der Waals surface area contributed by atoms with Crippen LogP contribution in [0.3, 0.4) is 0 Å². The number of hydrogen-bond acceptors (Lipinski definition) is 2. The highest BCUT2D eigenvalue weighted by Gasteiger charge is 2.55. The van der Waals surface area contributed by atoms with Gasteiger partial charge in [-0.2, -0.15) is 0 Å². The molecule has 0 saturated heterocycles. The standard InChI is InChI=1S/C21H37NO/c1-21(2)18-12-6-5-9-16(18)15(11-8-14-22(3)4)17-10-7-13-19(23)20(17)21/h11,16-20,23H,5-10,12-14H2,1-4H3/b15-11-. The molecule has 0 aromatic heterocycles. The number of aliphatic hydroxyl groups excluding tert-OH is 1. The Morgan fingerprint density at radius 3 is 2.48 bits per heavy atom. The zero-order valence-corrected chi connectivity index (χ0v) is 15.7. The molecule has 132 valence electrons. The van der Waals surface area contributed by atoms with Crippen molar-refractivity contribution in [1.29, 1.82) is 0 Å². The second-order valence-corrected chi connectivity index (χ2v) is 9.25. The van der Waals surface area contributed by atoms with Crippen LogP contribution in [0.15, 0.2) is 11.6 Å². The molecule has 3 rings (SSSR count). The van der Waals surface area contributed by atoms with Crippen LogP contribution < -0.4 is 0 Å². The first-order chi connectivity index (χ1) is 10.9. The van der Waals surface area contributed by atoms with Gasteiger partial charge in [-0.15, -0.1) is 0 Å². The van der Waals surface area contributed by atoms with Gasteiger partial charge in [0.2, 0.25) is 0 Å². The van der Waals surface area contributed by atoms with Gasteiger partial charge in [-0.25, -0.2) is 0 Å². The molecule has 1 N–H and O–H groups in total. The molecule has 2 heteroatoms. The number of aliphatic hydroxyl groups is 1. The smallest absolute Gasteiger partial charge is 0.0579 e. The summed E-state index contributed by atoms with van der Waals surface area (Å²) in [6, 6.07) is 0. The zero-order chi connectivity index (χ0) is 16.6. The third-order valence-corrected chi connectivity index (χ3v) is 7.26. The van der Waals surface area contributed by atoms with Gasteiger partial charge in [0.25, 0.3) is 0 Å². The average Bonchev–Trinajstić information content (AvgIpc) is 2.50. The summed E-state index contributed by atoms with van der Waals surface area (Å²) in [5, 5.41) is 10.8. The van der Waals surface area contributed by atoms with E-state index in [0.717, 1.165) is 24.8 Å². The summed E-state index contributed by atoms with van der Waals surface area (Å²) in [7, 11) is 4.33. The van der Waals surface area contributed by atoms with E-state index in [0.29, 0.717) is 17.3 Å². The van der Waals surface area contributed by atoms with Crippen LogP contribution in [0, 0.1) is 29.1 Å². The normalized spacial score (nSPS) is 41.7. The second-order valence-electron chi connectivity index (χ2n) is 9.25. The molecule has 23 heavy (non-hydrogen) atoms. The molecule has 0 amide bonds. The average molecular weight is 320 g/mol. The molecule has 2 nitrogen and oxygen atoms in total. The van der Waals surface area contributed by atoms with E-state index in [2.05, 4.69) is 38.9 Å². The molecule has 5 atom stereocenters. The Balaban J connectivity index is 1.92. The zero-order valence-electron chi connectivity index (χ0n) is 15.7. The minimum atomic E-state index is -0.0797. The first kappa shape index (κ1) is 17.5. The van der Waals surface area contributed by atoms with Gasteiger partial charge >= 0.3 is 0 Å². The molecular weight excluding hydrogens is 282 g/mol. The highest BCUT2D eigenvalue weighted by atomic mass is 16.3. The fourth-order valence-corrected chi connectivity index (χ4v) is 6.30. The van der Waals surface area contributed by atoms with E-state index in [4.69, 9.17) is 0 Å². The molecule has 3 saturated carbocycles. The topological polar surface area (TPSA) is 23.5 Å². The Kier molecular flexibility index (Phi) is 5.23. The quantitative estimate of drug-likeness (QED) is 0.775. The van der Waals surface area contributed by atoms with Crippen LogP contribution in [0.5, 0.6) is 0 Å². The van der Waals surface area contributed by atoms with Crippen LogP contribution in [0.4, 0.5) is 0 Å². The van der Waals surface area contributed by atoms with Crippen molar-refractivity contribution in [1.82, 2.24) is 4.90 Å². The highest BCUT2D eigenvalue weighted by Crippen LogP contribution is 2.61. The minimum Gasteiger partial charge on any atom is -0.393 e. The van der Waals surface area contributed by atoms with E-state index >= 15 is 0 Å². The monoisotopic (exact) mass is 319 g/mol. The SMILES string of the molecule is CN(C)CC/C=C1/C2CCCCC2C(C)(C)C2C(O)CCCC12. The minimum absolute atomic E-state index is 0.0797. The van der Waals surface area contributed by atoms with Gasteiger partial charge in [0.1, 0.15) is 0 Å². The molecule has 0 heterocycles. The van der Waals surface area contributed by atoms with Gasteiger partial charge in [0.15, 0.2) is 0 Å². The van der Waals surface area contributed by atoms with Gasteiger partial charge < -0.3 is 10.0 Å². The van der Waals surface area contributed by atoms with Crippen LogP contribution in [0.1, 0.15) is 65.2 Å². The summed E-state index contributed by atoms with van der Waals surface area (Å²) >= 11 is 0. The fourth-order valence-electron chi connectivity index (χ4n) is 6.30. The molecule has 3 aliphatic carbocycles. The molecule has 0 spiro atoms. The molecular formula is C21H37NO. The Morgan fingerprint density at radius 2 is 1.74 bits per heavy atom. The van der Waals surface area contributed by atoms with E-state index in [1.165, 1.54) is 44.9 Å². The predicted molar refractivity (Wildman–Crippen MR) is 97.3 cm³/mol. The van der Waals surface area contributed by atoms with Gasteiger partial charge in [-0.1, -0.05) is 44.8 Å². The third kappa shape index (κ3) is 3.26. The fraction of sp³-hybridized carbons (Fsp3) is 0.905. The molecule has 0 aliphatic heterocycles. The van der Waals surface area contributed by atoms with E-state index in [1.807, 2.05) is 0 Å². The Bertz CT molecular complexity index is 439. The van der Waals surface area contributed by atoms with Crippen molar-refractivity contribution < 1.29 is 5.11 Å². The molecule has 5 unspecified atom stereocenters. The first-order valence-electron chi connectivity index (χ1n) is 9.95. The number of rotatable bonds is 3. The summed E-state index contributed by atoms with van der Waals surface area (Å²) in [5.74, 6) is 2.72. The van der Waals surface area contributed by atoms with Crippen molar-refractivity contribution in [3.63, 3.8) is 0 Å². The lowest BCUT2D eigenvalue weighted by molar-refractivity contribution is -0.0952. The van der Waals surface area contributed by atoms with E-state index in [9.17, 15) is 5.11 Å². The maximum Gasteiger partial charge on any atom is 0.0579 e. The lowest BCUT2D eigenvalue weighted by Gasteiger charge is -2.59. The van der Waals surface area contributed by atoms with Gasteiger partial charge in [0.05, 0.1) is 6.10 Å². The molecule has 0 aromatic carbocycles. The Labute approximate surface area is 143 Å². The van der Waals surface area contributed by atoms with Crippen LogP contribution in [-0.2, 0) is 0 Å². The first-order valence-corrected chi connectivity index (χ1v) is 9.95. The molecule has 3 aliphatic rings. The van der Waals surface area contributed by atoms with Crippen LogP contribution in [-0.4, -0.2) is 36.8 Å². The number of fused-ring (bicyclic) bond motifs is 2. The van der Waals surface area contributed by atoms with E-state index < -0.39 is 0 Å². The van der Waals surface area contributed by atoms with Crippen molar-refractivity contribution in [2.45, 2.75) is 71.3 Å². The van der Waals surface area contributed by atoms with E-state index in [-0.39, 0.29) is 6.10 Å². The van der Waals surface area contributed by atoms with Crippen molar-refractivity contribution >= 4 is 0 Å². The number of nitrogens with zero attached hydrogens (tertiary/aromatic N) is 1. The second kappa shape index (κ2) is 6.88. The third-order valence-electron chi connectivity index (χ3n) is 7.26. The van der Waals surface area contributed by atoms with Crippen molar-refractivity contribution in [2.24, 2.45) is 29.1 Å². The molecule has 0 radical (unpaired) electrons. The summed E-state index contributed by atoms with van der Waals surface area (Å²) in [6.07, 6.45) is 12.8. The summed E-state index contributed by atoms with van der Waals surface area (Å²) in [4.78, 5) is 2.29. The Hall–Kier alpha value is -0.340. The largest absolute Gasteiger partial charge is 0.393 e. The predicted octanol–water partition coefficient (Wildman–Crippen LogP) is 4.49.